The molecule has 1 aromatic heterocycles. The van der Waals surface area contributed by atoms with Crippen LogP contribution in [0.15, 0.2) is 69.9 Å². The van der Waals surface area contributed by atoms with Gasteiger partial charge in [0.2, 0.25) is 18.0 Å². The number of carbonyl (C=O) groups excluding carboxylic acids is 1. The highest BCUT2D eigenvalue weighted by atomic mass is 19.4. The van der Waals surface area contributed by atoms with E-state index in [1.54, 1.807) is 6.07 Å². The van der Waals surface area contributed by atoms with Crippen molar-refractivity contribution in [2.45, 2.75) is 6.18 Å². The fourth-order valence-electron chi connectivity index (χ4n) is 3.72. The summed E-state index contributed by atoms with van der Waals surface area (Å²) in [5.41, 5.74) is -1.89. The molecule has 0 atom stereocenters. The van der Waals surface area contributed by atoms with E-state index in [1.165, 1.54) is 55.6 Å². The third kappa shape index (κ3) is 4.03. The van der Waals surface area contributed by atoms with Gasteiger partial charge >= 0.3 is 12.1 Å². The lowest BCUT2D eigenvalue weighted by atomic mass is 10.0. The van der Waals surface area contributed by atoms with Gasteiger partial charge in [0.25, 0.3) is 0 Å². The molecule has 35 heavy (non-hydrogen) atoms. The van der Waals surface area contributed by atoms with Gasteiger partial charge in [-0.2, -0.15) is 13.2 Å². The molecule has 0 fully saturated rings. The van der Waals surface area contributed by atoms with Gasteiger partial charge in [0, 0.05) is 11.6 Å². The van der Waals surface area contributed by atoms with E-state index in [2.05, 4.69) is 0 Å². The van der Waals surface area contributed by atoms with Crippen LogP contribution in [-0.2, 0) is 6.18 Å². The van der Waals surface area contributed by atoms with E-state index in [0.29, 0.717) is 11.5 Å². The average Bonchev–Trinajstić information content (AvgIpc) is 3.31. The molecule has 0 spiro atoms. The number of methoxy groups -OCH3 is 1. The first-order valence-electron chi connectivity index (χ1n) is 10.2. The largest absolute Gasteiger partial charge is 0.496 e. The number of rotatable bonds is 4. The highest BCUT2D eigenvalue weighted by Gasteiger charge is 2.40. The standard InChI is InChI=1S/C25H15F3O7/c1-31-17-5-3-2-4-15(17)21-22(29)16-8-7-14(11-19(16)35-23(21)25(26,27)28)34-24(30)13-6-9-18-20(10-13)33-12-32-18/h2-11H,12H2,1H3. The van der Waals surface area contributed by atoms with Crippen LogP contribution in [0.4, 0.5) is 13.2 Å². The number of carbonyl (C=O) groups is 1. The van der Waals surface area contributed by atoms with Gasteiger partial charge in [0.15, 0.2) is 11.5 Å². The first-order valence-corrected chi connectivity index (χ1v) is 10.2. The van der Waals surface area contributed by atoms with Crippen LogP contribution in [-0.4, -0.2) is 19.9 Å². The molecule has 4 aromatic rings. The maximum atomic E-state index is 13.9. The Bertz CT molecular complexity index is 1520. The predicted molar refractivity (Wildman–Crippen MR) is 117 cm³/mol. The van der Waals surface area contributed by atoms with Crippen LogP contribution in [0.25, 0.3) is 22.1 Å². The molecule has 0 bridgehead atoms. The minimum absolute atomic E-state index is 0.0237. The Kier molecular flexibility index (Phi) is 5.35. The molecule has 1 aliphatic rings. The molecule has 178 valence electrons. The molecule has 0 aliphatic carbocycles. The Morgan fingerprint density at radius 2 is 1.74 bits per heavy atom. The Labute approximate surface area is 195 Å². The Hall–Kier alpha value is -4.47. The zero-order valence-corrected chi connectivity index (χ0v) is 18.0. The number of para-hydroxylation sites is 1. The molecule has 0 amide bonds. The van der Waals surface area contributed by atoms with Crippen molar-refractivity contribution in [1.82, 2.24) is 0 Å². The molecular formula is C25H15F3O7. The van der Waals surface area contributed by atoms with E-state index in [4.69, 9.17) is 23.4 Å². The summed E-state index contributed by atoms with van der Waals surface area (Å²) in [7, 11) is 1.29. The summed E-state index contributed by atoms with van der Waals surface area (Å²) in [6, 6.07) is 13.8. The number of hydrogen-bond donors (Lipinski definition) is 0. The smallest absolute Gasteiger partial charge is 0.450 e. The molecule has 5 rings (SSSR count). The van der Waals surface area contributed by atoms with E-state index in [-0.39, 0.29) is 34.8 Å². The molecule has 7 nitrogen and oxygen atoms in total. The van der Waals surface area contributed by atoms with Crippen LogP contribution >= 0.6 is 0 Å². The van der Waals surface area contributed by atoms with Crippen molar-refractivity contribution >= 4 is 16.9 Å². The third-order valence-electron chi connectivity index (χ3n) is 5.32. The Balaban J connectivity index is 1.58. The molecule has 1 aliphatic heterocycles. The van der Waals surface area contributed by atoms with Gasteiger partial charge in [-0.15, -0.1) is 0 Å². The average molecular weight is 484 g/mol. The highest BCUT2D eigenvalue weighted by molar-refractivity contribution is 5.93. The molecule has 2 heterocycles. The van der Waals surface area contributed by atoms with Gasteiger partial charge in [-0.05, 0) is 36.4 Å². The lowest BCUT2D eigenvalue weighted by Gasteiger charge is -2.15. The number of benzene rings is 3. The van der Waals surface area contributed by atoms with E-state index < -0.39 is 34.5 Å². The Morgan fingerprint density at radius 1 is 0.971 bits per heavy atom. The fourth-order valence-corrected chi connectivity index (χ4v) is 3.72. The lowest BCUT2D eigenvalue weighted by Crippen LogP contribution is -2.16. The summed E-state index contributed by atoms with van der Waals surface area (Å²) < 4.78 is 67.8. The monoisotopic (exact) mass is 484 g/mol. The number of ether oxygens (including phenoxy) is 4. The summed E-state index contributed by atoms with van der Waals surface area (Å²) >= 11 is 0. The van der Waals surface area contributed by atoms with Crippen LogP contribution in [0.5, 0.6) is 23.0 Å². The molecular weight excluding hydrogens is 469 g/mol. The van der Waals surface area contributed by atoms with Crippen molar-refractivity contribution in [3.8, 4) is 34.1 Å². The zero-order valence-electron chi connectivity index (χ0n) is 18.0. The Morgan fingerprint density at radius 3 is 2.51 bits per heavy atom. The fraction of sp³-hybridized carbons (Fsp3) is 0.120. The van der Waals surface area contributed by atoms with Crippen molar-refractivity contribution < 1.29 is 41.3 Å². The summed E-state index contributed by atoms with van der Waals surface area (Å²) in [6.07, 6.45) is -4.98. The molecule has 0 saturated heterocycles. The molecule has 0 saturated carbocycles. The van der Waals surface area contributed by atoms with E-state index in [0.717, 1.165) is 6.07 Å². The topological polar surface area (TPSA) is 84.2 Å². The van der Waals surface area contributed by atoms with Crippen LogP contribution in [0, 0.1) is 0 Å². The molecule has 0 radical (unpaired) electrons. The van der Waals surface area contributed by atoms with Crippen LogP contribution < -0.4 is 24.4 Å². The van der Waals surface area contributed by atoms with Crippen molar-refractivity contribution in [3.05, 3.63) is 82.2 Å². The van der Waals surface area contributed by atoms with Crippen LogP contribution in [0.3, 0.4) is 0 Å². The van der Waals surface area contributed by atoms with Crippen molar-refractivity contribution in [2.75, 3.05) is 13.9 Å². The molecule has 0 N–H and O–H groups in total. The third-order valence-corrected chi connectivity index (χ3v) is 5.32. The van der Waals surface area contributed by atoms with Crippen molar-refractivity contribution in [3.63, 3.8) is 0 Å². The summed E-state index contributed by atoms with van der Waals surface area (Å²) in [5.74, 6) is -1.46. The summed E-state index contributed by atoms with van der Waals surface area (Å²) in [6.45, 7) is 0.0237. The molecule has 0 unspecified atom stereocenters. The maximum absolute atomic E-state index is 13.9. The van der Waals surface area contributed by atoms with Crippen LogP contribution in [0.1, 0.15) is 16.1 Å². The van der Waals surface area contributed by atoms with Gasteiger partial charge in [-0.3, -0.25) is 4.79 Å². The normalized spacial score (nSPS) is 12.6. The number of halogens is 3. The quantitative estimate of drug-likeness (QED) is 0.282. The second-order valence-electron chi connectivity index (χ2n) is 7.45. The van der Waals surface area contributed by atoms with Gasteiger partial charge in [0.1, 0.15) is 17.1 Å². The van der Waals surface area contributed by atoms with Gasteiger partial charge in [0.05, 0.1) is 23.6 Å². The lowest BCUT2D eigenvalue weighted by molar-refractivity contribution is -0.152. The van der Waals surface area contributed by atoms with E-state index in [9.17, 15) is 22.8 Å². The van der Waals surface area contributed by atoms with Gasteiger partial charge in [-0.25, -0.2) is 4.79 Å². The van der Waals surface area contributed by atoms with Crippen molar-refractivity contribution in [1.29, 1.82) is 0 Å². The second kappa shape index (κ2) is 8.39. The predicted octanol–water partition coefficient (Wildman–Crippen LogP) is 5.44. The first-order chi connectivity index (χ1) is 16.8. The van der Waals surface area contributed by atoms with Gasteiger partial charge in [-0.1, -0.05) is 18.2 Å². The van der Waals surface area contributed by atoms with Crippen LogP contribution in [0.2, 0.25) is 0 Å². The zero-order chi connectivity index (χ0) is 24.7. The number of alkyl halides is 3. The van der Waals surface area contributed by atoms with Crippen molar-refractivity contribution in [2.24, 2.45) is 0 Å². The maximum Gasteiger partial charge on any atom is 0.450 e. The number of hydrogen-bond acceptors (Lipinski definition) is 7. The minimum atomic E-state index is -4.98. The summed E-state index contributed by atoms with van der Waals surface area (Å²) in [5, 5.41) is -0.123. The molecule has 3 aromatic carbocycles. The molecule has 10 heteroatoms. The minimum Gasteiger partial charge on any atom is -0.496 e. The second-order valence-corrected chi connectivity index (χ2v) is 7.45. The first kappa shape index (κ1) is 22.3. The SMILES string of the molecule is COc1ccccc1-c1c(C(F)(F)F)oc2cc(OC(=O)c3ccc4c(c3)OCO4)ccc2c1=O. The number of fused-ring (bicyclic) bond motifs is 2. The highest BCUT2D eigenvalue weighted by Crippen LogP contribution is 2.40. The summed E-state index contributed by atoms with van der Waals surface area (Å²) in [4.78, 5) is 25.7. The van der Waals surface area contributed by atoms with Gasteiger partial charge < -0.3 is 23.4 Å². The van der Waals surface area contributed by atoms with E-state index >= 15 is 0 Å². The number of esters is 1. The van der Waals surface area contributed by atoms with E-state index in [1.807, 2.05) is 0 Å².